The summed E-state index contributed by atoms with van der Waals surface area (Å²) in [6.07, 6.45) is 1.52. The van der Waals surface area contributed by atoms with Crippen molar-refractivity contribution in [3.8, 4) is 5.75 Å². The molecule has 0 spiro atoms. The number of hydrogen-bond acceptors (Lipinski definition) is 5. The molecule has 1 heterocycles. The summed E-state index contributed by atoms with van der Waals surface area (Å²) >= 11 is 6.00. The molecule has 0 aliphatic carbocycles. The van der Waals surface area contributed by atoms with Gasteiger partial charge in [-0.15, -0.1) is 0 Å². The molecule has 7 heteroatoms. The first kappa shape index (κ1) is 19.5. The Hall–Kier alpha value is -3.77. The Kier molecular flexibility index (Phi) is 5.41. The van der Waals surface area contributed by atoms with Crippen LogP contribution >= 0.6 is 11.6 Å². The van der Waals surface area contributed by atoms with Gasteiger partial charge in [-0.25, -0.2) is 19.0 Å². The Morgan fingerprint density at radius 1 is 1.03 bits per heavy atom. The number of ether oxygens (including phenoxy) is 2. The molecule has 0 bridgehead atoms. The van der Waals surface area contributed by atoms with Crippen LogP contribution in [0, 0.1) is 5.82 Å². The Labute approximate surface area is 176 Å². The average molecular weight is 422 g/mol. The van der Waals surface area contributed by atoms with Gasteiger partial charge in [0, 0.05) is 5.56 Å². The van der Waals surface area contributed by atoms with E-state index in [4.69, 9.17) is 21.1 Å². The van der Waals surface area contributed by atoms with Gasteiger partial charge < -0.3 is 9.47 Å². The zero-order valence-electron chi connectivity index (χ0n) is 15.3. The third-order valence-corrected chi connectivity index (χ3v) is 4.51. The second-order valence-electron chi connectivity index (χ2n) is 6.28. The summed E-state index contributed by atoms with van der Waals surface area (Å²) in [5.74, 6) is -1.31. The molecule has 148 valence electrons. The van der Waals surface area contributed by atoms with E-state index in [9.17, 15) is 14.0 Å². The number of carbonyl (C=O) groups excluding carboxylic acids is 2. The number of cyclic esters (lactones) is 1. The zero-order valence-corrected chi connectivity index (χ0v) is 16.1. The SMILES string of the molecule is O=C1OC(c2cccc(F)c2)=NC1=Cc1ccc(OC(=O)c2ccccc2Cl)cc1. The molecule has 5 nitrogen and oxygen atoms in total. The van der Waals surface area contributed by atoms with Crippen LogP contribution in [0.1, 0.15) is 21.5 Å². The van der Waals surface area contributed by atoms with Gasteiger partial charge in [0.05, 0.1) is 10.6 Å². The number of benzene rings is 3. The highest BCUT2D eigenvalue weighted by Crippen LogP contribution is 2.22. The van der Waals surface area contributed by atoms with E-state index in [-0.39, 0.29) is 17.2 Å². The van der Waals surface area contributed by atoms with Gasteiger partial charge in [0.15, 0.2) is 5.70 Å². The fourth-order valence-corrected chi connectivity index (χ4v) is 2.95. The van der Waals surface area contributed by atoms with Crippen LogP contribution in [0.5, 0.6) is 5.75 Å². The summed E-state index contributed by atoms with van der Waals surface area (Å²) in [5.41, 5.74) is 1.35. The first-order chi connectivity index (χ1) is 14.5. The lowest BCUT2D eigenvalue weighted by Crippen LogP contribution is -2.08. The second-order valence-corrected chi connectivity index (χ2v) is 6.69. The summed E-state index contributed by atoms with van der Waals surface area (Å²) in [6, 6.07) is 18.7. The van der Waals surface area contributed by atoms with Crippen LogP contribution in [0.3, 0.4) is 0 Å². The monoisotopic (exact) mass is 421 g/mol. The van der Waals surface area contributed by atoms with Crippen LogP contribution in [0.15, 0.2) is 83.5 Å². The summed E-state index contributed by atoms with van der Waals surface area (Å²) < 4.78 is 23.8. The molecule has 0 amide bonds. The molecule has 0 radical (unpaired) electrons. The Morgan fingerprint density at radius 3 is 2.53 bits per heavy atom. The van der Waals surface area contributed by atoms with E-state index in [0.717, 1.165) is 0 Å². The topological polar surface area (TPSA) is 65.0 Å². The molecule has 30 heavy (non-hydrogen) atoms. The van der Waals surface area contributed by atoms with Crippen molar-refractivity contribution in [2.75, 3.05) is 0 Å². The maximum atomic E-state index is 13.4. The summed E-state index contributed by atoms with van der Waals surface area (Å²) in [6.45, 7) is 0. The highest BCUT2D eigenvalue weighted by molar-refractivity contribution is 6.33. The molecule has 4 rings (SSSR count). The largest absolute Gasteiger partial charge is 0.423 e. The van der Waals surface area contributed by atoms with Crippen LogP contribution in [-0.2, 0) is 9.53 Å². The Morgan fingerprint density at radius 2 is 1.80 bits per heavy atom. The fourth-order valence-electron chi connectivity index (χ4n) is 2.73. The van der Waals surface area contributed by atoms with Crippen molar-refractivity contribution in [3.63, 3.8) is 0 Å². The van der Waals surface area contributed by atoms with Gasteiger partial charge in [-0.3, -0.25) is 0 Å². The number of esters is 2. The smallest absolute Gasteiger partial charge is 0.363 e. The van der Waals surface area contributed by atoms with Crippen molar-refractivity contribution < 1.29 is 23.5 Å². The molecular formula is C23H13ClFNO4. The minimum absolute atomic E-state index is 0.0380. The highest BCUT2D eigenvalue weighted by Gasteiger charge is 2.24. The first-order valence-corrected chi connectivity index (χ1v) is 9.23. The maximum absolute atomic E-state index is 13.4. The zero-order chi connectivity index (χ0) is 21.1. The van der Waals surface area contributed by atoms with Crippen molar-refractivity contribution in [2.24, 2.45) is 4.99 Å². The lowest BCUT2D eigenvalue weighted by Gasteiger charge is -2.06. The molecule has 0 unspecified atom stereocenters. The van der Waals surface area contributed by atoms with E-state index in [0.29, 0.717) is 21.9 Å². The normalized spacial score (nSPS) is 14.4. The van der Waals surface area contributed by atoms with E-state index in [2.05, 4.69) is 4.99 Å². The van der Waals surface area contributed by atoms with E-state index < -0.39 is 17.8 Å². The van der Waals surface area contributed by atoms with Crippen molar-refractivity contribution in [1.29, 1.82) is 0 Å². The summed E-state index contributed by atoms with van der Waals surface area (Å²) in [5, 5.41) is 0.301. The average Bonchev–Trinajstić information content (AvgIpc) is 3.10. The minimum atomic E-state index is -0.636. The van der Waals surface area contributed by atoms with Crippen molar-refractivity contribution in [3.05, 3.63) is 106 Å². The molecule has 3 aromatic carbocycles. The van der Waals surface area contributed by atoms with Crippen molar-refractivity contribution in [1.82, 2.24) is 0 Å². The van der Waals surface area contributed by atoms with Gasteiger partial charge in [-0.1, -0.05) is 41.9 Å². The third-order valence-electron chi connectivity index (χ3n) is 4.18. The minimum Gasteiger partial charge on any atom is -0.423 e. The molecule has 1 aliphatic rings. The number of nitrogens with zero attached hydrogens (tertiary/aromatic N) is 1. The predicted octanol–water partition coefficient (Wildman–Crippen LogP) is 5.04. The number of carbonyl (C=O) groups is 2. The van der Waals surface area contributed by atoms with Crippen LogP contribution < -0.4 is 4.74 Å². The molecule has 0 N–H and O–H groups in total. The molecular weight excluding hydrogens is 409 g/mol. The Balaban J connectivity index is 1.50. The van der Waals surface area contributed by atoms with E-state index >= 15 is 0 Å². The van der Waals surface area contributed by atoms with Gasteiger partial charge in [0.1, 0.15) is 11.6 Å². The third kappa shape index (κ3) is 4.29. The standard InChI is InChI=1S/C23H13ClFNO4/c24-19-7-2-1-6-18(19)22(27)29-17-10-8-14(9-11-17)12-20-23(28)30-21(26-20)15-4-3-5-16(25)13-15/h1-13H. The van der Waals surface area contributed by atoms with E-state index in [1.165, 1.54) is 24.3 Å². The van der Waals surface area contributed by atoms with Gasteiger partial charge in [-0.2, -0.15) is 0 Å². The van der Waals surface area contributed by atoms with E-state index in [1.807, 2.05) is 0 Å². The van der Waals surface area contributed by atoms with E-state index in [1.54, 1.807) is 54.6 Å². The predicted molar refractivity (Wildman–Crippen MR) is 110 cm³/mol. The molecule has 0 atom stereocenters. The number of rotatable bonds is 4. The van der Waals surface area contributed by atoms with Crippen LogP contribution in [0.4, 0.5) is 4.39 Å². The van der Waals surface area contributed by atoms with Crippen LogP contribution in [0.25, 0.3) is 6.08 Å². The van der Waals surface area contributed by atoms with Gasteiger partial charge in [-0.05, 0) is 54.1 Å². The summed E-state index contributed by atoms with van der Waals surface area (Å²) in [4.78, 5) is 28.4. The van der Waals surface area contributed by atoms with Gasteiger partial charge >= 0.3 is 11.9 Å². The van der Waals surface area contributed by atoms with Crippen LogP contribution in [-0.4, -0.2) is 17.8 Å². The van der Waals surface area contributed by atoms with Gasteiger partial charge in [0.2, 0.25) is 5.90 Å². The first-order valence-electron chi connectivity index (χ1n) is 8.85. The molecule has 1 aliphatic heterocycles. The highest BCUT2D eigenvalue weighted by atomic mass is 35.5. The maximum Gasteiger partial charge on any atom is 0.363 e. The molecule has 0 saturated heterocycles. The van der Waals surface area contributed by atoms with Crippen molar-refractivity contribution in [2.45, 2.75) is 0 Å². The van der Waals surface area contributed by atoms with Crippen molar-refractivity contribution >= 4 is 35.5 Å². The van der Waals surface area contributed by atoms with Gasteiger partial charge in [0.25, 0.3) is 0 Å². The molecule has 0 fully saturated rings. The number of hydrogen-bond donors (Lipinski definition) is 0. The lowest BCUT2D eigenvalue weighted by molar-refractivity contribution is -0.129. The summed E-state index contributed by atoms with van der Waals surface area (Å²) in [7, 11) is 0. The number of halogens is 2. The Bertz CT molecular complexity index is 1200. The number of aliphatic imine (C=N–C) groups is 1. The molecule has 0 aromatic heterocycles. The fraction of sp³-hybridized carbons (Fsp3) is 0. The quantitative estimate of drug-likeness (QED) is 0.336. The molecule has 0 saturated carbocycles. The molecule has 3 aromatic rings. The lowest BCUT2D eigenvalue weighted by atomic mass is 10.2. The second kappa shape index (κ2) is 8.31. The van der Waals surface area contributed by atoms with Crippen LogP contribution in [0.2, 0.25) is 5.02 Å².